The van der Waals surface area contributed by atoms with Crippen LogP contribution in [-0.4, -0.2) is 57.0 Å². The number of carbonyl (C=O) groups excluding carboxylic acids is 1. The van der Waals surface area contributed by atoms with Gasteiger partial charge < -0.3 is 14.8 Å². The Morgan fingerprint density at radius 2 is 1.93 bits per heavy atom. The summed E-state index contributed by atoms with van der Waals surface area (Å²) in [6.07, 6.45) is 0. The molecule has 1 fully saturated rings. The van der Waals surface area contributed by atoms with Gasteiger partial charge in [-0.05, 0) is 24.3 Å². The third kappa shape index (κ3) is 4.53. The number of amides is 1. The van der Waals surface area contributed by atoms with Gasteiger partial charge in [-0.3, -0.25) is 14.9 Å². The van der Waals surface area contributed by atoms with Crippen molar-refractivity contribution < 1.29 is 27.6 Å². The number of non-ortho nitro benzene ring substituents is 1. The number of carbonyl (C=O) groups is 1. The van der Waals surface area contributed by atoms with Crippen LogP contribution >= 0.6 is 0 Å². The first-order chi connectivity index (χ1) is 13.8. The molecule has 3 rings (SSSR count). The zero-order valence-electron chi connectivity index (χ0n) is 15.5. The maximum Gasteiger partial charge on any atom is 0.271 e. The summed E-state index contributed by atoms with van der Waals surface area (Å²) in [5.74, 6) is -0.477. The number of sulfonamides is 1. The molecule has 1 aliphatic heterocycles. The molecule has 0 aliphatic carbocycles. The zero-order chi connectivity index (χ0) is 21.0. The molecule has 1 amide bonds. The van der Waals surface area contributed by atoms with E-state index in [1.165, 1.54) is 53.9 Å². The maximum absolute atomic E-state index is 12.9. The standard InChI is InChI=1S/C18H19N3O7S/c1-27-17-6-5-15(29(25,26)20-7-9-28-10-8-20)12-16(17)18(22)19-13-3-2-4-14(11-13)21(23)24/h2-6,11-12H,7-10H2,1H3,(H,19,22). The molecule has 154 valence electrons. The fraction of sp³-hybridized carbons (Fsp3) is 0.278. The number of nitrogens with one attached hydrogen (secondary N) is 1. The molecule has 11 heteroatoms. The second-order valence-electron chi connectivity index (χ2n) is 6.14. The van der Waals surface area contributed by atoms with E-state index in [4.69, 9.17) is 9.47 Å². The van der Waals surface area contributed by atoms with Crippen molar-refractivity contribution >= 4 is 27.3 Å². The number of nitro benzene ring substituents is 1. The number of hydrogen-bond donors (Lipinski definition) is 1. The summed E-state index contributed by atoms with van der Waals surface area (Å²) in [6, 6.07) is 9.43. The number of nitro groups is 1. The van der Waals surface area contributed by atoms with Crippen LogP contribution in [0.15, 0.2) is 47.4 Å². The van der Waals surface area contributed by atoms with Gasteiger partial charge in [0.05, 0.1) is 35.7 Å². The molecular weight excluding hydrogens is 402 g/mol. The SMILES string of the molecule is COc1ccc(S(=O)(=O)N2CCOCC2)cc1C(=O)Nc1cccc([N+](=O)[O-])c1. The lowest BCUT2D eigenvalue weighted by molar-refractivity contribution is -0.384. The van der Waals surface area contributed by atoms with Gasteiger partial charge in [0.2, 0.25) is 10.0 Å². The fourth-order valence-corrected chi connectivity index (χ4v) is 4.29. The van der Waals surface area contributed by atoms with E-state index in [2.05, 4.69) is 5.32 Å². The number of benzene rings is 2. The summed E-state index contributed by atoms with van der Waals surface area (Å²) in [5, 5.41) is 13.4. The first-order valence-electron chi connectivity index (χ1n) is 8.64. The summed E-state index contributed by atoms with van der Waals surface area (Å²) in [5.41, 5.74) is 0.0134. The van der Waals surface area contributed by atoms with Crippen LogP contribution < -0.4 is 10.1 Å². The van der Waals surface area contributed by atoms with Crippen LogP contribution in [0.3, 0.4) is 0 Å². The number of morpholine rings is 1. The van der Waals surface area contributed by atoms with E-state index < -0.39 is 20.9 Å². The summed E-state index contributed by atoms with van der Waals surface area (Å²) in [4.78, 5) is 23.0. The Morgan fingerprint density at radius 1 is 1.21 bits per heavy atom. The lowest BCUT2D eigenvalue weighted by atomic mass is 10.1. The van der Waals surface area contributed by atoms with E-state index in [1.807, 2.05) is 0 Å². The Kier molecular flexibility index (Phi) is 6.11. The van der Waals surface area contributed by atoms with Crippen molar-refractivity contribution in [1.82, 2.24) is 4.31 Å². The molecule has 1 aliphatic rings. The highest BCUT2D eigenvalue weighted by Gasteiger charge is 2.28. The Hall–Kier alpha value is -3.02. The third-order valence-electron chi connectivity index (χ3n) is 4.34. The predicted molar refractivity (Wildman–Crippen MR) is 104 cm³/mol. The average Bonchev–Trinajstić information content (AvgIpc) is 2.74. The second-order valence-corrected chi connectivity index (χ2v) is 8.08. The predicted octanol–water partition coefficient (Wildman–Crippen LogP) is 1.88. The highest BCUT2D eigenvalue weighted by atomic mass is 32.2. The van der Waals surface area contributed by atoms with E-state index in [0.29, 0.717) is 13.2 Å². The van der Waals surface area contributed by atoms with Gasteiger partial charge in [-0.2, -0.15) is 4.31 Å². The van der Waals surface area contributed by atoms with Gasteiger partial charge in [-0.15, -0.1) is 0 Å². The minimum atomic E-state index is -3.81. The molecule has 1 N–H and O–H groups in total. The summed E-state index contributed by atoms with van der Waals surface area (Å²) in [7, 11) is -2.45. The molecule has 29 heavy (non-hydrogen) atoms. The molecule has 10 nitrogen and oxygen atoms in total. The molecule has 0 aromatic heterocycles. The molecule has 0 radical (unpaired) electrons. The Balaban J connectivity index is 1.91. The molecule has 0 unspecified atom stereocenters. The van der Waals surface area contributed by atoms with Gasteiger partial charge in [-0.25, -0.2) is 8.42 Å². The van der Waals surface area contributed by atoms with E-state index in [9.17, 15) is 23.3 Å². The fourth-order valence-electron chi connectivity index (χ4n) is 2.86. The van der Waals surface area contributed by atoms with Crippen LogP contribution in [0.4, 0.5) is 11.4 Å². The van der Waals surface area contributed by atoms with Crippen LogP contribution in [0, 0.1) is 10.1 Å². The Bertz CT molecular complexity index is 1030. The minimum Gasteiger partial charge on any atom is -0.496 e. The molecule has 0 spiro atoms. The summed E-state index contributed by atoms with van der Waals surface area (Å²) >= 11 is 0. The van der Waals surface area contributed by atoms with Gasteiger partial charge in [0.25, 0.3) is 11.6 Å². The number of ether oxygens (including phenoxy) is 2. The molecule has 1 heterocycles. The normalized spacial score (nSPS) is 14.9. The average molecular weight is 421 g/mol. The quantitative estimate of drug-likeness (QED) is 0.557. The first kappa shape index (κ1) is 20.7. The Morgan fingerprint density at radius 3 is 2.59 bits per heavy atom. The smallest absolute Gasteiger partial charge is 0.271 e. The number of nitrogens with zero attached hydrogens (tertiary/aromatic N) is 2. The Labute approximate surface area is 167 Å². The second kappa shape index (κ2) is 8.55. The lowest BCUT2D eigenvalue weighted by Crippen LogP contribution is -2.40. The van der Waals surface area contributed by atoms with E-state index in [1.54, 1.807) is 0 Å². The van der Waals surface area contributed by atoms with Crippen LogP contribution in [-0.2, 0) is 14.8 Å². The number of hydrogen-bond acceptors (Lipinski definition) is 7. The van der Waals surface area contributed by atoms with Gasteiger partial charge >= 0.3 is 0 Å². The van der Waals surface area contributed by atoms with Gasteiger partial charge in [0, 0.05) is 30.9 Å². The summed E-state index contributed by atoms with van der Waals surface area (Å²) in [6.45, 7) is 1.05. The van der Waals surface area contributed by atoms with Gasteiger partial charge in [0.1, 0.15) is 5.75 Å². The highest BCUT2D eigenvalue weighted by Crippen LogP contribution is 2.26. The minimum absolute atomic E-state index is 0.00617. The number of anilines is 1. The molecule has 0 atom stereocenters. The van der Waals surface area contributed by atoms with Crippen molar-refractivity contribution in [3.63, 3.8) is 0 Å². The van der Waals surface area contributed by atoms with Gasteiger partial charge in [-0.1, -0.05) is 6.07 Å². The first-order valence-corrected chi connectivity index (χ1v) is 10.1. The van der Waals surface area contributed by atoms with Gasteiger partial charge in [0.15, 0.2) is 0 Å². The third-order valence-corrected chi connectivity index (χ3v) is 6.23. The van der Waals surface area contributed by atoms with Crippen molar-refractivity contribution in [2.45, 2.75) is 4.90 Å². The number of methoxy groups -OCH3 is 1. The molecule has 2 aromatic rings. The van der Waals surface area contributed by atoms with Crippen molar-refractivity contribution in [2.75, 3.05) is 38.7 Å². The molecule has 2 aromatic carbocycles. The van der Waals surface area contributed by atoms with E-state index in [0.717, 1.165) is 0 Å². The largest absolute Gasteiger partial charge is 0.496 e. The lowest BCUT2D eigenvalue weighted by Gasteiger charge is -2.26. The van der Waals surface area contributed by atoms with Crippen molar-refractivity contribution in [1.29, 1.82) is 0 Å². The highest BCUT2D eigenvalue weighted by molar-refractivity contribution is 7.89. The van der Waals surface area contributed by atoms with Crippen LogP contribution in [0.25, 0.3) is 0 Å². The van der Waals surface area contributed by atoms with Crippen LogP contribution in [0.2, 0.25) is 0 Å². The van der Waals surface area contributed by atoms with Crippen LogP contribution in [0.5, 0.6) is 5.75 Å². The number of rotatable bonds is 6. The monoisotopic (exact) mass is 421 g/mol. The topological polar surface area (TPSA) is 128 Å². The molecular formula is C18H19N3O7S. The zero-order valence-corrected chi connectivity index (χ0v) is 16.3. The summed E-state index contributed by atoms with van der Waals surface area (Å²) < 4.78 is 37.4. The van der Waals surface area contributed by atoms with Crippen molar-refractivity contribution in [3.05, 3.63) is 58.1 Å². The molecule has 0 bridgehead atoms. The van der Waals surface area contributed by atoms with Crippen molar-refractivity contribution in [3.8, 4) is 5.75 Å². The van der Waals surface area contributed by atoms with Crippen LogP contribution in [0.1, 0.15) is 10.4 Å². The van der Waals surface area contributed by atoms with E-state index >= 15 is 0 Å². The molecule has 0 saturated carbocycles. The maximum atomic E-state index is 12.9. The van der Waals surface area contributed by atoms with E-state index in [-0.39, 0.29) is 40.7 Å². The molecule has 1 saturated heterocycles. The van der Waals surface area contributed by atoms with Crippen molar-refractivity contribution in [2.24, 2.45) is 0 Å².